The average molecular weight is 281 g/mol. The highest BCUT2D eigenvalue weighted by molar-refractivity contribution is 5.85. The molecule has 1 atom stereocenters. The highest BCUT2D eigenvalue weighted by Gasteiger charge is 2.20. The van der Waals surface area contributed by atoms with Crippen molar-refractivity contribution in [2.24, 2.45) is 0 Å². The molecular formula is C14H19NO5. The number of aliphatic hydroxyl groups is 1. The van der Waals surface area contributed by atoms with Crippen molar-refractivity contribution in [2.75, 3.05) is 20.3 Å². The van der Waals surface area contributed by atoms with Gasteiger partial charge in [0, 0.05) is 0 Å². The summed E-state index contributed by atoms with van der Waals surface area (Å²) >= 11 is 0. The van der Waals surface area contributed by atoms with E-state index in [9.17, 15) is 9.59 Å². The van der Waals surface area contributed by atoms with Crippen LogP contribution in [-0.2, 0) is 14.3 Å². The fraction of sp³-hybridized carbons (Fsp3) is 0.429. The van der Waals surface area contributed by atoms with Crippen LogP contribution in [0.1, 0.15) is 11.1 Å². The summed E-state index contributed by atoms with van der Waals surface area (Å²) in [5.41, 5.74) is 2.02. The predicted octanol–water partition coefficient (Wildman–Crippen LogP) is 0.332. The summed E-state index contributed by atoms with van der Waals surface area (Å²) < 4.78 is 9.81. The Hall–Kier alpha value is -2.08. The van der Waals surface area contributed by atoms with E-state index in [-0.39, 0.29) is 6.61 Å². The first kappa shape index (κ1) is 16.0. The Morgan fingerprint density at radius 1 is 1.35 bits per heavy atom. The lowest BCUT2D eigenvalue weighted by atomic mass is 10.1. The van der Waals surface area contributed by atoms with E-state index in [1.54, 1.807) is 6.07 Å². The van der Waals surface area contributed by atoms with Crippen LogP contribution in [-0.4, -0.2) is 43.3 Å². The molecule has 2 N–H and O–H groups in total. The number of benzene rings is 1. The minimum absolute atomic E-state index is 0.239. The molecule has 0 aliphatic heterocycles. The number of aliphatic hydroxyl groups excluding tert-OH is 1. The molecule has 0 heterocycles. The highest BCUT2D eigenvalue weighted by atomic mass is 16.5. The van der Waals surface area contributed by atoms with E-state index in [1.807, 2.05) is 26.0 Å². The van der Waals surface area contributed by atoms with E-state index >= 15 is 0 Å². The lowest BCUT2D eigenvalue weighted by molar-refractivity contribution is -0.146. The van der Waals surface area contributed by atoms with Crippen LogP contribution in [0.2, 0.25) is 0 Å². The maximum Gasteiger partial charge on any atom is 0.330 e. The molecule has 1 aromatic rings. The van der Waals surface area contributed by atoms with Gasteiger partial charge in [-0.2, -0.15) is 0 Å². The van der Waals surface area contributed by atoms with E-state index in [0.29, 0.717) is 5.75 Å². The minimum atomic E-state index is -1.07. The highest BCUT2D eigenvalue weighted by Crippen LogP contribution is 2.18. The number of carbonyl (C=O) groups is 2. The number of methoxy groups -OCH3 is 1. The van der Waals surface area contributed by atoms with Crippen molar-refractivity contribution in [1.82, 2.24) is 5.32 Å². The second kappa shape index (κ2) is 7.49. The SMILES string of the molecule is COC(=O)C(CO)NC(=O)COc1ccc(C)cc1C. The van der Waals surface area contributed by atoms with Crippen molar-refractivity contribution in [2.45, 2.75) is 19.9 Å². The van der Waals surface area contributed by atoms with Gasteiger partial charge in [-0.3, -0.25) is 4.79 Å². The molecule has 0 fully saturated rings. The molecule has 0 spiro atoms. The molecule has 0 bridgehead atoms. The molecule has 20 heavy (non-hydrogen) atoms. The molecule has 1 rings (SSSR count). The molecule has 6 nitrogen and oxygen atoms in total. The summed E-state index contributed by atoms with van der Waals surface area (Å²) in [4.78, 5) is 22.8. The zero-order valence-corrected chi connectivity index (χ0v) is 11.8. The van der Waals surface area contributed by atoms with Gasteiger partial charge < -0.3 is 19.9 Å². The summed E-state index contributed by atoms with van der Waals surface area (Å²) in [5.74, 6) is -0.605. The molecule has 0 aliphatic carbocycles. The normalized spacial score (nSPS) is 11.6. The first-order valence-electron chi connectivity index (χ1n) is 6.16. The first-order chi connectivity index (χ1) is 9.47. The van der Waals surface area contributed by atoms with Gasteiger partial charge in [0.2, 0.25) is 0 Å². The predicted molar refractivity (Wildman–Crippen MR) is 72.4 cm³/mol. The monoisotopic (exact) mass is 281 g/mol. The first-order valence-corrected chi connectivity index (χ1v) is 6.16. The van der Waals surface area contributed by atoms with Gasteiger partial charge in [-0.25, -0.2) is 4.79 Å². The van der Waals surface area contributed by atoms with Gasteiger partial charge in [-0.05, 0) is 25.5 Å². The lowest BCUT2D eigenvalue weighted by Crippen LogP contribution is -2.45. The third-order valence-corrected chi connectivity index (χ3v) is 2.69. The second-order valence-electron chi connectivity index (χ2n) is 4.38. The van der Waals surface area contributed by atoms with Gasteiger partial charge in [0.25, 0.3) is 5.91 Å². The molecule has 1 unspecified atom stereocenters. The lowest BCUT2D eigenvalue weighted by Gasteiger charge is -2.14. The quantitative estimate of drug-likeness (QED) is 0.734. The zero-order valence-electron chi connectivity index (χ0n) is 11.8. The Labute approximate surface area is 117 Å². The van der Waals surface area contributed by atoms with Gasteiger partial charge in [0.1, 0.15) is 5.75 Å². The van der Waals surface area contributed by atoms with Crippen LogP contribution in [0.15, 0.2) is 18.2 Å². The number of ether oxygens (including phenoxy) is 2. The largest absolute Gasteiger partial charge is 0.484 e. The van der Waals surface area contributed by atoms with Crippen molar-refractivity contribution in [1.29, 1.82) is 0 Å². The number of carbonyl (C=O) groups excluding carboxylic acids is 2. The smallest absolute Gasteiger partial charge is 0.330 e. The van der Waals surface area contributed by atoms with Crippen LogP contribution in [0.4, 0.5) is 0 Å². The molecule has 0 aromatic heterocycles. The summed E-state index contributed by atoms with van der Waals surface area (Å²) in [6.45, 7) is 3.08. The van der Waals surface area contributed by atoms with E-state index in [1.165, 1.54) is 7.11 Å². The summed E-state index contributed by atoms with van der Waals surface area (Å²) in [7, 11) is 1.18. The Balaban J connectivity index is 2.52. The van der Waals surface area contributed by atoms with Crippen molar-refractivity contribution in [3.63, 3.8) is 0 Å². The minimum Gasteiger partial charge on any atom is -0.484 e. The molecule has 1 aromatic carbocycles. The van der Waals surface area contributed by atoms with Crippen molar-refractivity contribution < 1.29 is 24.2 Å². The molecule has 1 amide bonds. The number of aryl methyl sites for hydroxylation is 2. The number of amides is 1. The van der Waals surface area contributed by atoms with Crippen LogP contribution in [0.5, 0.6) is 5.75 Å². The molecular weight excluding hydrogens is 262 g/mol. The average Bonchev–Trinajstić information content (AvgIpc) is 2.43. The van der Waals surface area contributed by atoms with Gasteiger partial charge >= 0.3 is 5.97 Å². The number of hydrogen-bond acceptors (Lipinski definition) is 5. The van der Waals surface area contributed by atoms with Gasteiger partial charge in [-0.1, -0.05) is 17.7 Å². The van der Waals surface area contributed by atoms with Crippen LogP contribution < -0.4 is 10.1 Å². The van der Waals surface area contributed by atoms with Gasteiger partial charge in [0.15, 0.2) is 12.6 Å². The number of rotatable bonds is 6. The molecule has 0 radical (unpaired) electrons. The summed E-state index contributed by atoms with van der Waals surface area (Å²) in [5, 5.41) is 11.3. The number of esters is 1. The Morgan fingerprint density at radius 2 is 2.05 bits per heavy atom. The number of hydrogen-bond donors (Lipinski definition) is 2. The molecule has 0 saturated heterocycles. The van der Waals surface area contributed by atoms with E-state index in [2.05, 4.69) is 10.1 Å². The molecule has 0 saturated carbocycles. The van der Waals surface area contributed by atoms with E-state index in [0.717, 1.165) is 11.1 Å². The maximum absolute atomic E-state index is 11.6. The van der Waals surface area contributed by atoms with Gasteiger partial charge in [-0.15, -0.1) is 0 Å². The van der Waals surface area contributed by atoms with Crippen LogP contribution >= 0.6 is 0 Å². The third kappa shape index (κ3) is 4.55. The standard InChI is InChI=1S/C14H19NO5/c1-9-4-5-12(10(2)6-9)20-8-13(17)15-11(7-16)14(18)19-3/h4-6,11,16H,7-8H2,1-3H3,(H,15,17). The van der Waals surface area contributed by atoms with Crippen molar-refractivity contribution >= 4 is 11.9 Å². The zero-order chi connectivity index (χ0) is 15.1. The van der Waals surface area contributed by atoms with Crippen LogP contribution in [0.3, 0.4) is 0 Å². The Bertz CT molecular complexity index is 486. The fourth-order valence-electron chi connectivity index (χ4n) is 1.66. The summed E-state index contributed by atoms with van der Waals surface area (Å²) in [6.07, 6.45) is 0. The Morgan fingerprint density at radius 3 is 2.60 bits per heavy atom. The number of nitrogens with one attached hydrogen (secondary N) is 1. The van der Waals surface area contributed by atoms with Crippen LogP contribution in [0.25, 0.3) is 0 Å². The molecule has 0 aliphatic rings. The topological polar surface area (TPSA) is 84.9 Å². The summed E-state index contributed by atoms with van der Waals surface area (Å²) in [6, 6.07) is 4.53. The maximum atomic E-state index is 11.6. The Kier molecular flexibility index (Phi) is 5.99. The molecule has 110 valence electrons. The second-order valence-corrected chi connectivity index (χ2v) is 4.38. The van der Waals surface area contributed by atoms with Crippen LogP contribution in [0, 0.1) is 13.8 Å². The fourth-order valence-corrected chi connectivity index (χ4v) is 1.66. The van der Waals surface area contributed by atoms with Crippen molar-refractivity contribution in [3.05, 3.63) is 29.3 Å². The molecule has 6 heteroatoms. The van der Waals surface area contributed by atoms with Gasteiger partial charge in [0.05, 0.1) is 13.7 Å². The van der Waals surface area contributed by atoms with Crippen molar-refractivity contribution in [3.8, 4) is 5.75 Å². The van der Waals surface area contributed by atoms with E-state index in [4.69, 9.17) is 9.84 Å². The third-order valence-electron chi connectivity index (χ3n) is 2.69. The van der Waals surface area contributed by atoms with E-state index < -0.39 is 24.5 Å².